The van der Waals surface area contributed by atoms with Crippen molar-refractivity contribution in [3.05, 3.63) is 91.7 Å². The molecule has 1 atom stereocenters. The van der Waals surface area contributed by atoms with Crippen LogP contribution in [-0.4, -0.2) is 51.6 Å². The molecule has 46 heavy (non-hydrogen) atoms. The quantitative estimate of drug-likeness (QED) is 0.284. The van der Waals surface area contributed by atoms with E-state index in [0.29, 0.717) is 27.2 Å². The van der Waals surface area contributed by atoms with E-state index in [1.54, 1.807) is 97.4 Å². The second-order valence-electron chi connectivity index (χ2n) is 12.9. The van der Waals surface area contributed by atoms with Crippen LogP contribution in [0.2, 0.25) is 5.02 Å². The van der Waals surface area contributed by atoms with Gasteiger partial charge in [0.2, 0.25) is 0 Å². The van der Waals surface area contributed by atoms with E-state index in [9.17, 15) is 19.2 Å². The Morgan fingerprint density at radius 2 is 1.67 bits per heavy atom. The van der Waals surface area contributed by atoms with Crippen LogP contribution in [0, 0.1) is 0 Å². The first kappa shape index (κ1) is 32.5. The van der Waals surface area contributed by atoms with Gasteiger partial charge in [-0.1, -0.05) is 23.7 Å². The predicted molar refractivity (Wildman–Crippen MR) is 173 cm³/mol. The number of carbonyl (C=O) groups is 2. The van der Waals surface area contributed by atoms with E-state index >= 15 is 0 Å². The number of ether oxygens (including phenoxy) is 2. The molecule has 0 spiro atoms. The Morgan fingerprint density at radius 3 is 2.30 bits per heavy atom. The fourth-order valence-electron chi connectivity index (χ4n) is 5.18. The molecular weight excluding hydrogens is 614 g/mol. The molecule has 1 amide bonds. The van der Waals surface area contributed by atoms with Crippen molar-refractivity contribution in [2.24, 2.45) is 14.1 Å². The highest BCUT2D eigenvalue weighted by molar-refractivity contribution is 6.35. The summed E-state index contributed by atoms with van der Waals surface area (Å²) in [7, 11) is 3.12. The molecule has 4 aromatic heterocycles. The Hall–Kier alpha value is -4.91. The maximum atomic E-state index is 14.1. The molecule has 4 heterocycles. The van der Waals surface area contributed by atoms with Gasteiger partial charge in [0.05, 0.1) is 17.8 Å². The number of aromatic nitrogens is 6. The lowest BCUT2D eigenvalue weighted by Crippen LogP contribution is -2.40. The molecule has 5 rings (SSSR count). The maximum absolute atomic E-state index is 14.1. The summed E-state index contributed by atoms with van der Waals surface area (Å²) in [5.74, 6) is 0.272. The highest BCUT2D eigenvalue weighted by Gasteiger charge is 2.29. The number of amides is 1. The molecule has 0 radical (unpaired) electrons. The number of nitrogens with zero attached hydrogens (tertiary/aromatic N) is 6. The van der Waals surface area contributed by atoms with Gasteiger partial charge in [0.15, 0.2) is 11.2 Å². The Kier molecular flexibility index (Phi) is 8.32. The summed E-state index contributed by atoms with van der Waals surface area (Å²) >= 11 is 6.47. The molecule has 1 unspecified atom stereocenters. The van der Waals surface area contributed by atoms with Crippen LogP contribution in [0.25, 0.3) is 22.1 Å². The molecule has 242 valence electrons. The first-order chi connectivity index (χ1) is 21.5. The highest BCUT2D eigenvalue weighted by Crippen LogP contribution is 2.29. The van der Waals surface area contributed by atoms with Gasteiger partial charge in [-0.3, -0.25) is 18.9 Å². The SMILES string of the molecule is Cn1c(C(NC(=O)OC(C)(C)C)c2cccnc2)nc2c1c(=O)n(Cc1cc3c(Cl)cccc3n1C(=O)OC(C)(C)C)c(=O)n2C. The van der Waals surface area contributed by atoms with E-state index in [4.69, 9.17) is 21.1 Å². The first-order valence-corrected chi connectivity index (χ1v) is 14.9. The van der Waals surface area contributed by atoms with Crippen molar-refractivity contribution >= 4 is 45.9 Å². The van der Waals surface area contributed by atoms with Crippen LogP contribution in [0.3, 0.4) is 0 Å². The van der Waals surface area contributed by atoms with Crippen LogP contribution in [0.15, 0.2) is 58.4 Å². The Bertz CT molecular complexity index is 2100. The van der Waals surface area contributed by atoms with E-state index in [1.807, 2.05) is 0 Å². The Balaban J connectivity index is 1.67. The summed E-state index contributed by atoms with van der Waals surface area (Å²) in [5.41, 5.74) is -1.29. The molecule has 14 heteroatoms. The number of imidazole rings is 1. The third-order valence-electron chi connectivity index (χ3n) is 7.10. The summed E-state index contributed by atoms with van der Waals surface area (Å²) < 4.78 is 16.3. The number of nitrogens with one attached hydrogen (secondary N) is 1. The standard InChI is InChI=1S/C32H36ClN7O6/c1-31(2,3)45-28(42)35-23(18-11-10-14-34-16-18)25-36-26-24(37(25)7)27(41)39(29(43)38(26)8)17-19-15-20-21(33)12-9-13-22(20)40(19)30(44)46-32(4,5)6/h9-16,23H,17H2,1-8H3,(H,35,42). The molecule has 0 aliphatic carbocycles. The molecule has 0 fully saturated rings. The smallest absolute Gasteiger partial charge is 0.419 e. The lowest BCUT2D eigenvalue weighted by atomic mass is 10.1. The van der Waals surface area contributed by atoms with E-state index in [-0.39, 0.29) is 23.5 Å². The average Bonchev–Trinajstić information content (AvgIpc) is 3.50. The van der Waals surface area contributed by atoms with Crippen molar-refractivity contribution in [3.8, 4) is 0 Å². The number of benzene rings is 1. The van der Waals surface area contributed by atoms with Crippen LogP contribution >= 0.6 is 11.6 Å². The van der Waals surface area contributed by atoms with Gasteiger partial charge in [-0.15, -0.1) is 0 Å². The van der Waals surface area contributed by atoms with E-state index in [0.717, 1.165) is 4.57 Å². The molecule has 0 saturated carbocycles. The minimum atomic E-state index is -0.874. The zero-order chi connectivity index (χ0) is 33.7. The Labute approximate surface area is 269 Å². The van der Waals surface area contributed by atoms with Gasteiger partial charge < -0.3 is 19.4 Å². The van der Waals surface area contributed by atoms with Crippen LogP contribution in [0.1, 0.15) is 64.7 Å². The highest BCUT2D eigenvalue weighted by atomic mass is 35.5. The summed E-state index contributed by atoms with van der Waals surface area (Å²) in [4.78, 5) is 63.0. The number of pyridine rings is 1. The van der Waals surface area contributed by atoms with Crippen LogP contribution < -0.4 is 16.6 Å². The molecule has 13 nitrogen and oxygen atoms in total. The molecular formula is C32H36ClN7O6. The van der Waals surface area contributed by atoms with Gasteiger partial charge in [-0.2, -0.15) is 0 Å². The molecule has 5 aromatic rings. The molecule has 0 bridgehead atoms. The van der Waals surface area contributed by atoms with Crippen molar-refractivity contribution in [2.45, 2.75) is 65.3 Å². The molecule has 0 saturated heterocycles. The maximum Gasteiger partial charge on any atom is 0.419 e. The zero-order valence-corrected chi connectivity index (χ0v) is 27.7. The summed E-state index contributed by atoms with van der Waals surface area (Å²) in [6.07, 6.45) is 1.78. The second kappa shape index (κ2) is 11.8. The largest absolute Gasteiger partial charge is 0.444 e. The van der Waals surface area contributed by atoms with Gasteiger partial charge in [0.25, 0.3) is 5.56 Å². The number of fused-ring (bicyclic) bond motifs is 2. The lowest BCUT2D eigenvalue weighted by Gasteiger charge is -2.23. The minimum Gasteiger partial charge on any atom is -0.444 e. The summed E-state index contributed by atoms with van der Waals surface area (Å²) in [6, 6.07) is 9.35. The first-order valence-electron chi connectivity index (χ1n) is 14.5. The van der Waals surface area contributed by atoms with Crippen molar-refractivity contribution in [1.82, 2.24) is 33.6 Å². The lowest BCUT2D eigenvalue weighted by molar-refractivity contribution is 0.0506. The minimum absolute atomic E-state index is 0.106. The van der Waals surface area contributed by atoms with E-state index in [1.165, 1.54) is 20.7 Å². The second-order valence-corrected chi connectivity index (χ2v) is 13.3. The third kappa shape index (κ3) is 6.27. The number of rotatable bonds is 5. The van der Waals surface area contributed by atoms with Gasteiger partial charge in [-0.05, 0) is 65.8 Å². The van der Waals surface area contributed by atoms with Crippen molar-refractivity contribution < 1.29 is 19.1 Å². The molecule has 1 aromatic carbocycles. The fraction of sp³-hybridized carbons (Fsp3) is 0.375. The van der Waals surface area contributed by atoms with Crippen molar-refractivity contribution in [2.75, 3.05) is 0 Å². The summed E-state index contributed by atoms with van der Waals surface area (Å²) in [5, 5.41) is 3.78. The number of hydrogen-bond donors (Lipinski definition) is 1. The van der Waals surface area contributed by atoms with Crippen LogP contribution in [0.5, 0.6) is 0 Å². The van der Waals surface area contributed by atoms with Crippen LogP contribution in [0.4, 0.5) is 9.59 Å². The zero-order valence-electron chi connectivity index (χ0n) is 26.9. The van der Waals surface area contributed by atoms with Crippen LogP contribution in [-0.2, 0) is 30.1 Å². The number of aryl methyl sites for hydroxylation is 2. The third-order valence-corrected chi connectivity index (χ3v) is 7.43. The van der Waals surface area contributed by atoms with Gasteiger partial charge in [-0.25, -0.2) is 23.9 Å². The summed E-state index contributed by atoms with van der Waals surface area (Å²) in [6.45, 7) is 10.2. The van der Waals surface area contributed by atoms with Gasteiger partial charge >= 0.3 is 17.9 Å². The van der Waals surface area contributed by atoms with Crippen molar-refractivity contribution in [3.63, 3.8) is 0 Å². The fourth-order valence-corrected chi connectivity index (χ4v) is 5.40. The molecule has 0 aliphatic rings. The van der Waals surface area contributed by atoms with E-state index in [2.05, 4.69) is 15.3 Å². The number of carbonyl (C=O) groups excluding carboxylic acids is 2. The predicted octanol–water partition coefficient (Wildman–Crippen LogP) is 4.88. The molecule has 1 N–H and O–H groups in total. The van der Waals surface area contributed by atoms with Gasteiger partial charge in [0, 0.05) is 42.5 Å². The number of alkyl carbamates (subject to hydrolysis) is 1. The average molecular weight is 650 g/mol. The molecule has 0 aliphatic heterocycles. The van der Waals surface area contributed by atoms with Gasteiger partial charge in [0.1, 0.15) is 23.1 Å². The monoisotopic (exact) mass is 649 g/mol. The topological polar surface area (TPSA) is 144 Å². The Morgan fingerprint density at radius 1 is 0.978 bits per heavy atom. The van der Waals surface area contributed by atoms with Crippen molar-refractivity contribution in [1.29, 1.82) is 0 Å². The van der Waals surface area contributed by atoms with E-state index < -0.39 is 40.7 Å². The number of hydrogen-bond acceptors (Lipinski definition) is 8. The number of halogens is 1. The normalized spacial score (nSPS) is 12.8.